The number of fused-ring (bicyclic) bond motifs is 1. The summed E-state index contributed by atoms with van der Waals surface area (Å²) in [6.07, 6.45) is 2.29. The Morgan fingerprint density at radius 3 is 2.68 bits per heavy atom. The number of nitrogens with zero attached hydrogens (tertiary/aromatic N) is 3. The van der Waals surface area contributed by atoms with Gasteiger partial charge in [0, 0.05) is 36.1 Å². The first-order valence-corrected chi connectivity index (χ1v) is 12.3. The highest BCUT2D eigenvalue weighted by atomic mass is 32.2. The number of amides is 1. The molecule has 2 aliphatic rings. The quantitative estimate of drug-likeness (QED) is 0.822. The Labute approximate surface area is 169 Å². The van der Waals surface area contributed by atoms with Crippen molar-refractivity contribution in [1.29, 1.82) is 0 Å². The van der Waals surface area contributed by atoms with Crippen LogP contribution < -0.4 is 5.32 Å². The zero-order valence-corrected chi connectivity index (χ0v) is 17.6. The van der Waals surface area contributed by atoms with E-state index < -0.39 is 10.0 Å². The third-order valence-corrected chi connectivity index (χ3v) is 7.61. The van der Waals surface area contributed by atoms with Crippen LogP contribution in [-0.2, 0) is 26.3 Å². The van der Waals surface area contributed by atoms with Crippen molar-refractivity contribution in [3.8, 4) is 5.69 Å². The van der Waals surface area contributed by atoms with Gasteiger partial charge in [0.1, 0.15) is 5.82 Å². The first-order chi connectivity index (χ1) is 13.3. The molecule has 1 saturated heterocycles. The number of anilines is 1. The fourth-order valence-electron chi connectivity index (χ4n) is 3.76. The van der Waals surface area contributed by atoms with Crippen LogP contribution in [0.3, 0.4) is 0 Å². The minimum atomic E-state index is -3.20. The second-order valence-electron chi connectivity index (χ2n) is 7.44. The van der Waals surface area contributed by atoms with E-state index in [4.69, 9.17) is 5.10 Å². The maximum absolute atomic E-state index is 12.9. The van der Waals surface area contributed by atoms with E-state index in [1.807, 2.05) is 29.8 Å². The highest BCUT2D eigenvalue weighted by Crippen LogP contribution is 2.36. The third kappa shape index (κ3) is 3.83. The van der Waals surface area contributed by atoms with Crippen molar-refractivity contribution < 1.29 is 13.2 Å². The molecule has 3 heterocycles. The number of carbonyl (C=O) groups is 1. The van der Waals surface area contributed by atoms with Gasteiger partial charge in [0.25, 0.3) is 0 Å². The Hall–Kier alpha value is -1.84. The lowest BCUT2D eigenvalue weighted by Gasteiger charge is -2.29. The molecule has 1 N–H and O–H groups in total. The van der Waals surface area contributed by atoms with E-state index >= 15 is 0 Å². The normalized spacial score (nSPS) is 18.2. The van der Waals surface area contributed by atoms with Crippen LogP contribution in [0.4, 0.5) is 5.82 Å². The molecule has 28 heavy (non-hydrogen) atoms. The van der Waals surface area contributed by atoms with Crippen LogP contribution in [0.5, 0.6) is 0 Å². The average Bonchev–Trinajstić information content (AvgIpc) is 3.24. The van der Waals surface area contributed by atoms with Gasteiger partial charge in [-0.05, 0) is 37.5 Å². The van der Waals surface area contributed by atoms with Gasteiger partial charge in [0.15, 0.2) is 0 Å². The number of hydrogen-bond donors (Lipinski definition) is 1. The van der Waals surface area contributed by atoms with E-state index in [9.17, 15) is 13.2 Å². The summed E-state index contributed by atoms with van der Waals surface area (Å²) < 4.78 is 26.7. The molecule has 9 heteroatoms. The molecule has 1 fully saturated rings. The van der Waals surface area contributed by atoms with Crippen LogP contribution in [0.15, 0.2) is 24.3 Å². The van der Waals surface area contributed by atoms with Crippen molar-refractivity contribution in [2.45, 2.75) is 31.3 Å². The predicted octanol–water partition coefficient (Wildman–Crippen LogP) is 2.54. The maximum Gasteiger partial charge on any atom is 0.228 e. The Kier molecular flexibility index (Phi) is 5.24. The van der Waals surface area contributed by atoms with Gasteiger partial charge in [-0.15, -0.1) is 0 Å². The zero-order chi connectivity index (χ0) is 19.9. The molecular formula is C19H24N4O3S2. The second-order valence-corrected chi connectivity index (χ2v) is 10.4. The molecule has 150 valence electrons. The highest BCUT2D eigenvalue weighted by Gasteiger charge is 2.31. The first kappa shape index (κ1) is 19.5. The van der Waals surface area contributed by atoms with E-state index in [1.165, 1.54) is 10.6 Å². The van der Waals surface area contributed by atoms with Gasteiger partial charge in [-0.1, -0.05) is 12.1 Å². The zero-order valence-electron chi connectivity index (χ0n) is 16.0. The molecule has 0 bridgehead atoms. The summed E-state index contributed by atoms with van der Waals surface area (Å²) in [5, 5.41) is 7.85. The smallest absolute Gasteiger partial charge is 0.228 e. The summed E-state index contributed by atoms with van der Waals surface area (Å²) in [5.41, 5.74) is 4.18. The number of hydrogen-bond acceptors (Lipinski definition) is 5. The van der Waals surface area contributed by atoms with Crippen molar-refractivity contribution in [2.24, 2.45) is 5.92 Å². The summed E-state index contributed by atoms with van der Waals surface area (Å²) in [6.45, 7) is 2.81. The SMILES string of the molecule is Cc1cccc(-n2nc3c(c2NC(=O)C2CCN(S(C)(=O)=O)CC2)CSC3)c1. The lowest BCUT2D eigenvalue weighted by atomic mass is 9.97. The fraction of sp³-hybridized carbons (Fsp3) is 0.474. The van der Waals surface area contributed by atoms with Crippen LogP contribution in [0.25, 0.3) is 5.69 Å². The second kappa shape index (κ2) is 7.53. The third-order valence-electron chi connectivity index (χ3n) is 5.33. The van der Waals surface area contributed by atoms with Gasteiger partial charge in [-0.2, -0.15) is 16.9 Å². The van der Waals surface area contributed by atoms with Crippen molar-refractivity contribution in [2.75, 3.05) is 24.7 Å². The molecule has 2 aromatic rings. The minimum absolute atomic E-state index is 0.0540. The summed E-state index contributed by atoms with van der Waals surface area (Å²) in [7, 11) is -3.20. The Morgan fingerprint density at radius 1 is 1.25 bits per heavy atom. The number of aromatic nitrogens is 2. The summed E-state index contributed by atoms with van der Waals surface area (Å²) in [6, 6.07) is 8.06. The number of nitrogens with one attached hydrogen (secondary N) is 1. The lowest BCUT2D eigenvalue weighted by Crippen LogP contribution is -2.41. The molecule has 0 radical (unpaired) electrons. The highest BCUT2D eigenvalue weighted by molar-refractivity contribution is 7.98. The van der Waals surface area contributed by atoms with E-state index in [2.05, 4.69) is 11.4 Å². The average molecular weight is 421 g/mol. The summed E-state index contributed by atoms with van der Waals surface area (Å²) >= 11 is 1.80. The Balaban J connectivity index is 1.56. The van der Waals surface area contributed by atoms with Gasteiger partial charge in [0.2, 0.25) is 15.9 Å². The molecule has 2 aliphatic heterocycles. The maximum atomic E-state index is 12.9. The van der Waals surface area contributed by atoms with Gasteiger partial charge in [-0.25, -0.2) is 17.4 Å². The van der Waals surface area contributed by atoms with Crippen LogP contribution >= 0.6 is 11.8 Å². The predicted molar refractivity (Wildman–Crippen MR) is 111 cm³/mol. The van der Waals surface area contributed by atoms with Crippen LogP contribution in [0.1, 0.15) is 29.7 Å². The Morgan fingerprint density at radius 2 is 2.00 bits per heavy atom. The number of carbonyl (C=O) groups excluding carboxylic acids is 1. The molecular weight excluding hydrogens is 396 g/mol. The van der Waals surface area contributed by atoms with Gasteiger partial charge in [-0.3, -0.25) is 4.79 Å². The lowest BCUT2D eigenvalue weighted by molar-refractivity contribution is -0.120. The largest absolute Gasteiger partial charge is 0.310 e. The monoisotopic (exact) mass is 420 g/mol. The van der Waals surface area contributed by atoms with Crippen molar-refractivity contribution in [3.63, 3.8) is 0 Å². The topological polar surface area (TPSA) is 84.3 Å². The van der Waals surface area contributed by atoms with Gasteiger partial charge >= 0.3 is 0 Å². The standard InChI is InChI=1S/C19H24N4O3S2/c1-13-4-3-5-15(10-13)23-18(16-11-27-12-17(16)21-23)20-19(24)14-6-8-22(9-7-14)28(2,25)26/h3-5,10,14H,6-9,11-12H2,1-2H3,(H,20,24). The fourth-order valence-corrected chi connectivity index (χ4v) is 5.67. The number of rotatable bonds is 4. The number of benzene rings is 1. The molecule has 7 nitrogen and oxygen atoms in total. The molecule has 0 atom stereocenters. The van der Waals surface area contributed by atoms with E-state index in [0.717, 1.165) is 39.8 Å². The molecule has 4 rings (SSSR count). The Bertz CT molecular complexity index is 1010. The van der Waals surface area contributed by atoms with Gasteiger partial charge < -0.3 is 5.32 Å². The van der Waals surface area contributed by atoms with Crippen LogP contribution in [0, 0.1) is 12.8 Å². The van der Waals surface area contributed by atoms with E-state index in [1.54, 1.807) is 11.8 Å². The number of sulfonamides is 1. The molecule has 1 amide bonds. The molecule has 1 aromatic carbocycles. The molecule has 0 spiro atoms. The summed E-state index contributed by atoms with van der Waals surface area (Å²) in [4.78, 5) is 12.9. The van der Waals surface area contributed by atoms with E-state index in [0.29, 0.717) is 25.9 Å². The first-order valence-electron chi connectivity index (χ1n) is 9.34. The van der Waals surface area contributed by atoms with Crippen LogP contribution in [0.2, 0.25) is 0 Å². The number of thioether (sulfide) groups is 1. The van der Waals surface area contributed by atoms with Crippen molar-refractivity contribution in [1.82, 2.24) is 14.1 Å². The molecule has 1 aromatic heterocycles. The van der Waals surface area contributed by atoms with E-state index in [-0.39, 0.29) is 11.8 Å². The summed E-state index contributed by atoms with van der Waals surface area (Å²) in [5.74, 6) is 2.19. The molecule has 0 unspecified atom stereocenters. The number of aryl methyl sites for hydroxylation is 1. The number of piperidine rings is 1. The van der Waals surface area contributed by atoms with Crippen molar-refractivity contribution >= 4 is 33.5 Å². The van der Waals surface area contributed by atoms with Crippen molar-refractivity contribution in [3.05, 3.63) is 41.1 Å². The van der Waals surface area contributed by atoms with Crippen LogP contribution in [-0.4, -0.2) is 47.8 Å². The molecule has 0 aliphatic carbocycles. The molecule has 0 saturated carbocycles. The minimum Gasteiger partial charge on any atom is -0.310 e. The van der Waals surface area contributed by atoms with Gasteiger partial charge in [0.05, 0.1) is 17.6 Å².